The van der Waals surface area contributed by atoms with Crippen LogP contribution in [0.5, 0.6) is 0 Å². The van der Waals surface area contributed by atoms with Gasteiger partial charge >= 0.3 is 0 Å². The van der Waals surface area contributed by atoms with Crippen LogP contribution >= 0.6 is 11.6 Å². The summed E-state index contributed by atoms with van der Waals surface area (Å²) in [7, 11) is 0. The third kappa shape index (κ3) is 2.52. The first-order valence-electron chi connectivity index (χ1n) is 9.20. The lowest BCUT2D eigenvalue weighted by molar-refractivity contribution is -0.0300. The molecule has 2 heterocycles. The summed E-state index contributed by atoms with van der Waals surface area (Å²) in [6, 6.07) is 9.47. The molecule has 2 aliphatic rings. The number of halogens is 1. The molecule has 4 N–H and O–H groups in total. The van der Waals surface area contributed by atoms with E-state index in [0.29, 0.717) is 29.9 Å². The molecule has 5 atom stereocenters. The molecule has 2 aliphatic carbocycles. The van der Waals surface area contributed by atoms with Gasteiger partial charge in [0.25, 0.3) is 0 Å². The van der Waals surface area contributed by atoms with Gasteiger partial charge in [0.2, 0.25) is 5.28 Å². The third-order valence-electron chi connectivity index (χ3n) is 6.17. The minimum absolute atomic E-state index is 0.0330. The fraction of sp³-hybridized carbons (Fsp3) is 0.421. The largest absolute Gasteiger partial charge is 0.396 e. The van der Waals surface area contributed by atoms with Crippen molar-refractivity contribution >= 4 is 28.6 Å². The number of aliphatic hydroxyl groups excluding tert-OH is 3. The Morgan fingerprint density at radius 1 is 1.21 bits per heavy atom. The van der Waals surface area contributed by atoms with Gasteiger partial charge in [-0.25, -0.2) is 4.98 Å². The summed E-state index contributed by atoms with van der Waals surface area (Å²) >= 11 is 6.15. The Labute approximate surface area is 165 Å². The predicted octanol–water partition coefficient (Wildman–Crippen LogP) is 1.37. The van der Waals surface area contributed by atoms with Crippen molar-refractivity contribution < 1.29 is 15.3 Å². The van der Waals surface area contributed by atoms with Crippen LogP contribution in [0.3, 0.4) is 0 Å². The van der Waals surface area contributed by atoms with Gasteiger partial charge in [-0.1, -0.05) is 30.3 Å². The van der Waals surface area contributed by atoms with Crippen molar-refractivity contribution in [3.63, 3.8) is 0 Å². The van der Waals surface area contributed by atoms with E-state index in [1.54, 1.807) is 10.9 Å². The van der Waals surface area contributed by atoms with Crippen LogP contribution in [0.4, 0.5) is 5.82 Å². The maximum absolute atomic E-state index is 10.6. The van der Waals surface area contributed by atoms with E-state index in [1.165, 1.54) is 0 Å². The first-order valence-corrected chi connectivity index (χ1v) is 9.58. The highest BCUT2D eigenvalue weighted by Crippen LogP contribution is 2.67. The number of benzene rings is 1. The molecular formula is C19H20ClN5O3. The second-order valence-corrected chi connectivity index (χ2v) is 7.97. The van der Waals surface area contributed by atoms with Crippen LogP contribution in [-0.4, -0.2) is 53.7 Å². The van der Waals surface area contributed by atoms with E-state index in [-0.39, 0.29) is 17.8 Å². The average Bonchev–Trinajstić information content (AvgIpc) is 3.23. The van der Waals surface area contributed by atoms with Crippen LogP contribution in [0.2, 0.25) is 5.28 Å². The number of nitrogens with one attached hydrogen (secondary N) is 1. The average molecular weight is 402 g/mol. The molecule has 0 saturated heterocycles. The minimum Gasteiger partial charge on any atom is -0.396 e. The molecule has 0 amide bonds. The number of hydrogen-bond donors (Lipinski definition) is 4. The topological polar surface area (TPSA) is 116 Å². The van der Waals surface area contributed by atoms with Gasteiger partial charge < -0.3 is 25.2 Å². The Morgan fingerprint density at radius 2 is 2.00 bits per heavy atom. The Kier molecular flexibility index (Phi) is 4.06. The molecule has 9 heteroatoms. The molecule has 0 spiro atoms. The maximum atomic E-state index is 10.6. The zero-order valence-corrected chi connectivity index (χ0v) is 15.7. The van der Waals surface area contributed by atoms with E-state index >= 15 is 0 Å². The summed E-state index contributed by atoms with van der Waals surface area (Å²) in [6.07, 6.45) is 0.274. The van der Waals surface area contributed by atoms with Crippen molar-refractivity contribution in [3.8, 4) is 0 Å². The second kappa shape index (κ2) is 6.38. The number of imidazole rings is 1. The van der Waals surface area contributed by atoms with Crippen LogP contribution in [0.25, 0.3) is 11.2 Å². The molecule has 8 nitrogen and oxygen atoms in total. The molecule has 0 aliphatic heterocycles. The van der Waals surface area contributed by atoms with Gasteiger partial charge in [-0.15, -0.1) is 0 Å². The number of aliphatic hydroxyl groups is 3. The molecule has 5 rings (SSSR count). The number of anilines is 1. The summed E-state index contributed by atoms with van der Waals surface area (Å²) in [4.78, 5) is 13.0. The number of fused-ring (bicyclic) bond motifs is 2. The summed E-state index contributed by atoms with van der Waals surface area (Å²) in [5.74, 6) is 0.476. The SMILES string of the molecule is OC[C@@]12C[C@@H]1[C@@H](n1cnc3c(NCc4ccccc4)nc(Cl)nc31)[C@H](O)[C@@H]2O. The summed E-state index contributed by atoms with van der Waals surface area (Å²) in [5.41, 5.74) is 1.49. The Bertz CT molecular complexity index is 1030. The second-order valence-electron chi connectivity index (χ2n) is 7.63. The molecule has 3 aromatic rings. The van der Waals surface area contributed by atoms with Crippen molar-refractivity contribution in [1.82, 2.24) is 19.5 Å². The Morgan fingerprint density at radius 3 is 2.71 bits per heavy atom. The van der Waals surface area contributed by atoms with Gasteiger partial charge in [-0.2, -0.15) is 9.97 Å². The fourth-order valence-corrected chi connectivity index (χ4v) is 4.73. The number of aromatic nitrogens is 4. The molecular weight excluding hydrogens is 382 g/mol. The Hall–Kier alpha value is -2.26. The molecule has 28 heavy (non-hydrogen) atoms. The standard InChI is InChI=1S/C19H20ClN5O3/c20-18-23-16(21-7-10-4-2-1-3-5-10)12-17(24-18)25(9-22-12)13-11-6-19(11,8-26)15(28)14(13)27/h1-5,9,11,13-15,26-28H,6-8H2,(H,21,23,24)/t11-,13-,14+,15+,19+/m1/s1. The van der Waals surface area contributed by atoms with E-state index in [2.05, 4.69) is 20.3 Å². The molecule has 2 aromatic heterocycles. The minimum atomic E-state index is -1.00. The highest BCUT2D eigenvalue weighted by Gasteiger charge is 2.71. The van der Waals surface area contributed by atoms with Crippen molar-refractivity contribution in [3.05, 3.63) is 47.5 Å². The number of rotatable bonds is 5. The monoisotopic (exact) mass is 401 g/mol. The number of nitrogens with zero attached hydrogens (tertiary/aromatic N) is 4. The van der Waals surface area contributed by atoms with E-state index < -0.39 is 23.7 Å². The lowest BCUT2D eigenvalue weighted by atomic mass is 10.0. The first-order chi connectivity index (χ1) is 13.5. The fourth-order valence-electron chi connectivity index (χ4n) is 4.56. The predicted molar refractivity (Wildman–Crippen MR) is 103 cm³/mol. The highest BCUT2D eigenvalue weighted by molar-refractivity contribution is 6.28. The van der Waals surface area contributed by atoms with Gasteiger partial charge in [-0.3, -0.25) is 0 Å². The van der Waals surface area contributed by atoms with Crippen molar-refractivity contribution in [2.75, 3.05) is 11.9 Å². The lowest BCUT2D eigenvalue weighted by Crippen LogP contribution is -2.35. The van der Waals surface area contributed by atoms with Crippen LogP contribution < -0.4 is 5.32 Å². The van der Waals surface area contributed by atoms with E-state index in [4.69, 9.17) is 11.6 Å². The van der Waals surface area contributed by atoms with Gasteiger partial charge in [0.15, 0.2) is 17.0 Å². The van der Waals surface area contributed by atoms with Crippen LogP contribution in [0.1, 0.15) is 18.0 Å². The molecule has 2 fully saturated rings. The molecule has 0 bridgehead atoms. The van der Waals surface area contributed by atoms with Crippen molar-refractivity contribution in [2.24, 2.45) is 11.3 Å². The van der Waals surface area contributed by atoms with E-state index in [0.717, 1.165) is 5.56 Å². The summed E-state index contributed by atoms with van der Waals surface area (Å²) in [6.45, 7) is 0.399. The van der Waals surface area contributed by atoms with E-state index in [9.17, 15) is 15.3 Å². The maximum Gasteiger partial charge on any atom is 0.226 e. The van der Waals surface area contributed by atoms with E-state index in [1.807, 2.05) is 30.3 Å². The smallest absolute Gasteiger partial charge is 0.226 e. The zero-order chi connectivity index (χ0) is 19.5. The number of hydrogen-bond acceptors (Lipinski definition) is 7. The van der Waals surface area contributed by atoms with Gasteiger partial charge in [0, 0.05) is 12.0 Å². The van der Waals surface area contributed by atoms with Crippen LogP contribution in [-0.2, 0) is 6.54 Å². The molecule has 0 radical (unpaired) electrons. The first kappa shape index (κ1) is 17.8. The van der Waals surface area contributed by atoms with Crippen molar-refractivity contribution in [2.45, 2.75) is 31.2 Å². The molecule has 1 aromatic carbocycles. The summed E-state index contributed by atoms with van der Waals surface area (Å²) < 4.78 is 1.75. The Balaban J connectivity index is 1.50. The highest BCUT2D eigenvalue weighted by atomic mass is 35.5. The third-order valence-corrected chi connectivity index (χ3v) is 6.33. The zero-order valence-electron chi connectivity index (χ0n) is 14.9. The van der Waals surface area contributed by atoms with Gasteiger partial charge in [0.05, 0.1) is 25.1 Å². The molecule has 2 saturated carbocycles. The quantitative estimate of drug-likeness (QED) is 0.477. The van der Waals surface area contributed by atoms with Crippen molar-refractivity contribution in [1.29, 1.82) is 0 Å². The molecule has 0 unspecified atom stereocenters. The summed E-state index contributed by atoms with van der Waals surface area (Å²) in [5, 5.41) is 34.0. The normalized spacial score (nSPS) is 31.1. The van der Waals surface area contributed by atoms with Crippen LogP contribution in [0, 0.1) is 11.3 Å². The van der Waals surface area contributed by atoms with Gasteiger partial charge in [-0.05, 0) is 29.5 Å². The van der Waals surface area contributed by atoms with Crippen LogP contribution in [0.15, 0.2) is 36.7 Å². The lowest BCUT2D eigenvalue weighted by Gasteiger charge is -2.23. The van der Waals surface area contributed by atoms with Gasteiger partial charge in [0.1, 0.15) is 6.10 Å². The molecule has 146 valence electrons.